The number of carbonyl (C=O) groups is 1. The number of carbonyl (C=O) groups excluding carboxylic acids is 1. The minimum absolute atomic E-state index is 0.120. The molecule has 0 amide bonds. The third-order valence-corrected chi connectivity index (χ3v) is 3.51. The molecular weight excluding hydrogens is 260 g/mol. The summed E-state index contributed by atoms with van der Waals surface area (Å²) in [4.78, 5) is 11.6. The molecular formula is C19H28O2. The van der Waals surface area contributed by atoms with Crippen molar-refractivity contribution in [3.63, 3.8) is 0 Å². The zero-order valence-corrected chi connectivity index (χ0v) is 13.1. The zero-order chi connectivity index (χ0) is 15.2. The number of hydrogen-bond acceptors (Lipinski definition) is 2. The Morgan fingerprint density at radius 2 is 1.57 bits per heavy atom. The molecule has 0 spiro atoms. The first-order valence-electron chi connectivity index (χ1n) is 8.13. The van der Waals surface area contributed by atoms with Crippen LogP contribution in [0.2, 0.25) is 0 Å². The molecule has 0 heterocycles. The fourth-order valence-electron chi connectivity index (χ4n) is 2.27. The highest BCUT2D eigenvalue weighted by atomic mass is 16.5. The second-order valence-electron chi connectivity index (χ2n) is 5.44. The lowest BCUT2D eigenvalue weighted by atomic mass is 10.1. The van der Waals surface area contributed by atoms with E-state index in [9.17, 15) is 4.79 Å². The van der Waals surface area contributed by atoms with Gasteiger partial charge in [-0.3, -0.25) is 4.79 Å². The number of ether oxygens (including phenoxy) is 1. The number of allylic oxidation sites excluding steroid dienone is 1. The van der Waals surface area contributed by atoms with Gasteiger partial charge in [-0.1, -0.05) is 68.5 Å². The van der Waals surface area contributed by atoms with Crippen LogP contribution in [0, 0.1) is 0 Å². The van der Waals surface area contributed by atoms with Crippen molar-refractivity contribution in [1.29, 1.82) is 0 Å². The van der Waals surface area contributed by atoms with Gasteiger partial charge in [-0.2, -0.15) is 0 Å². The second kappa shape index (κ2) is 12.2. The van der Waals surface area contributed by atoms with Crippen LogP contribution < -0.4 is 0 Å². The molecule has 0 saturated carbocycles. The van der Waals surface area contributed by atoms with E-state index in [2.05, 4.69) is 6.58 Å². The third kappa shape index (κ3) is 9.89. The Bertz CT molecular complexity index is 384. The van der Waals surface area contributed by atoms with Crippen LogP contribution in [0.3, 0.4) is 0 Å². The number of rotatable bonds is 12. The van der Waals surface area contributed by atoms with Crippen molar-refractivity contribution in [3.8, 4) is 0 Å². The van der Waals surface area contributed by atoms with E-state index in [4.69, 9.17) is 4.74 Å². The summed E-state index contributed by atoms with van der Waals surface area (Å²) in [6.07, 6.45) is 12.0. The van der Waals surface area contributed by atoms with Crippen molar-refractivity contribution in [2.75, 3.05) is 6.61 Å². The summed E-state index contributed by atoms with van der Waals surface area (Å²) in [5.74, 6) is -0.120. The molecule has 1 rings (SSSR count). The molecule has 0 N–H and O–H groups in total. The summed E-state index contributed by atoms with van der Waals surface area (Å²) >= 11 is 0. The fourth-order valence-corrected chi connectivity index (χ4v) is 2.27. The molecule has 0 radical (unpaired) electrons. The topological polar surface area (TPSA) is 26.3 Å². The average molecular weight is 288 g/mol. The van der Waals surface area contributed by atoms with Crippen molar-refractivity contribution < 1.29 is 9.53 Å². The van der Waals surface area contributed by atoms with Crippen LogP contribution in [0.4, 0.5) is 0 Å². The number of unbranched alkanes of at least 4 members (excludes halogenated alkanes) is 7. The van der Waals surface area contributed by atoms with Gasteiger partial charge in [-0.25, -0.2) is 0 Å². The van der Waals surface area contributed by atoms with Crippen LogP contribution in [0.25, 0.3) is 0 Å². The molecule has 1 aromatic rings. The third-order valence-electron chi connectivity index (χ3n) is 3.51. The highest BCUT2D eigenvalue weighted by molar-refractivity contribution is 5.72. The Balaban J connectivity index is 1.90. The lowest BCUT2D eigenvalue weighted by Crippen LogP contribution is -2.08. The molecule has 1 aromatic carbocycles. The number of esters is 1. The van der Waals surface area contributed by atoms with Gasteiger partial charge in [0.05, 0.1) is 13.0 Å². The predicted octanol–water partition coefficient (Wildman–Crippen LogP) is 5.08. The van der Waals surface area contributed by atoms with Gasteiger partial charge < -0.3 is 4.74 Å². The molecule has 0 aliphatic rings. The largest absolute Gasteiger partial charge is 0.465 e. The SMILES string of the molecule is C=CCCCCCCCCCOC(=O)Cc1ccccc1. The lowest BCUT2D eigenvalue weighted by molar-refractivity contribution is -0.142. The van der Waals surface area contributed by atoms with Gasteiger partial charge >= 0.3 is 5.97 Å². The van der Waals surface area contributed by atoms with Crippen LogP contribution in [-0.2, 0) is 16.0 Å². The molecule has 116 valence electrons. The Hall–Kier alpha value is -1.57. The molecule has 0 atom stereocenters. The van der Waals surface area contributed by atoms with E-state index < -0.39 is 0 Å². The first-order chi connectivity index (χ1) is 10.3. The normalized spacial score (nSPS) is 10.3. The maximum Gasteiger partial charge on any atom is 0.310 e. The van der Waals surface area contributed by atoms with E-state index in [1.807, 2.05) is 36.4 Å². The van der Waals surface area contributed by atoms with Gasteiger partial charge in [-0.05, 0) is 24.8 Å². The standard InChI is InChI=1S/C19H28O2/c1-2-3-4-5-6-7-8-9-13-16-21-19(20)17-18-14-11-10-12-15-18/h2,10-12,14-15H,1,3-9,13,16-17H2. The maximum atomic E-state index is 11.6. The smallest absolute Gasteiger partial charge is 0.310 e. The van der Waals surface area contributed by atoms with Gasteiger partial charge in [0.25, 0.3) is 0 Å². The quantitative estimate of drug-likeness (QED) is 0.304. The summed E-state index contributed by atoms with van der Waals surface area (Å²) in [5, 5.41) is 0. The Morgan fingerprint density at radius 3 is 2.24 bits per heavy atom. The highest BCUT2D eigenvalue weighted by Gasteiger charge is 2.03. The molecule has 0 aliphatic heterocycles. The average Bonchev–Trinajstić information content (AvgIpc) is 2.50. The fraction of sp³-hybridized carbons (Fsp3) is 0.526. The van der Waals surface area contributed by atoms with Crippen molar-refractivity contribution in [2.45, 2.75) is 57.8 Å². The first-order valence-corrected chi connectivity index (χ1v) is 8.13. The molecule has 21 heavy (non-hydrogen) atoms. The minimum Gasteiger partial charge on any atom is -0.465 e. The van der Waals surface area contributed by atoms with Gasteiger partial charge in [0.1, 0.15) is 0 Å². The first kappa shape index (κ1) is 17.5. The van der Waals surface area contributed by atoms with Crippen molar-refractivity contribution in [3.05, 3.63) is 48.6 Å². The maximum absolute atomic E-state index is 11.6. The number of benzene rings is 1. The van der Waals surface area contributed by atoms with Gasteiger partial charge in [0.15, 0.2) is 0 Å². The molecule has 2 heteroatoms. The Kier molecular flexibility index (Phi) is 10.1. The summed E-state index contributed by atoms with van der Waals surface area (Å²) in [7, 11) is 0. The van der Waals surface area contributed by atoms with Crippen LogP contribution >= 0.6 is 0 Å². The zero-order valence-electron chi connectivity index (χ0n) is 13.1. The summed E-state index contributed by atoms with van der Waals surface area (Å²) in [6.45, 7) is 4.29. The van der Waals surface area contributed by atoms with E-state index in [0.29, 0.717) is 13.0 Å². The molecule has 0 fully saturated rings. The van der Waals surface area contributed by atoms with E-state index >= 15 is 0 Å². The van der Waals surface area contributed by atoms with Crippen molar-refractivity contribution in [2.24, 2.45) is 0 Å². The molecule has 2 nitrogen and oxygen atoms in total. The molecule has 0 saturated heterocycles. The van der Waals surface area contributed by atoms with E-state index in [1.54, 1.807) is 0 Å². The van der Waals surface area contributed by atoms with Crippen molar-refractivity contribution in [1.82, 2.24) is 0 Å². The predicted molar refractivity (Wildman–Crippen MR) is 88.2 cm³/mol. The van der Waals surface area contributed by atoms with Gasteiger partial charge in [-0.15, -0.1) is 6.58 Å². The van der Waals surface area contributed by atoms with E-state index in [0.717, 1.165) is 24.8 Å². The molecule has 0 bridgehead atoms. The van der Waals surface area contributed by atoms with Gasteiger partial charge in [0, 0.05) is 0 Å². The molecule has 0 aliphatic carbocycles. The van der Waals surface area contributed by atoms with Gasteiger partial charge in [0.2, 0.25) is 0 Å². The van der Waals surface area contributed by atoms with Crippen LogP contribution in [0.15, 0.2) is 43.0 Å². The summed E-state index contributed by atoms with van der Waals surface area (Å²) in [5.41, 5.74) is 1.02. The van der Waals surface area contributed by atoms with Crippen molar-refractivity contribution >= 4 is 5.97 Å². The summed E-state index contributed by atoms with van der Waals surface area (Å²) in [6, 6.07) is 9.74. The number of hydrogen-bond donors (Lipinski definition) is 0. The van der Waals surface area contributed by atoms with E-state index in [-0.39, 0.29) is 5.97 Å². The Labute approximate surface area is 129 Å². The van der Waals surface area contributed by atoms with Crippen LogP contribution in [0.1, 0.15) is 56.9 Å². The van der Waals surface area contributed by atoms with Crippen LogP contribution in [-0.4, -0.2) is 12.6 Å². The minimum atomic E-state index is -0.120. The lowest BCUT2D eigenvalue weighted by Gasteiger charge is -2.05. The Morgan fingerprint density at radius 1 is 0.952 bits per heavy atom. The molecule has 0 aromatic heterocycles. The monoisotopic (exact) mass is 288 g/mol. The van der Waals surface area contributed by atoms with E-state index in [1.165, 1.54) is 32.1 Å². The second-order valence-corrected chi connectivity index (χ2v) is 5.44. The van der Waals surface area contributed by atoms with Crippen LogP contribution in [0.5, 0.6) is 0 Å². The summed E-state index contributed by atoms with van der Waals surface area (Å²) < 4.78 is 5.26. The molecule has 0 unspecified atom stereocenters. The highest BCUT2D eigenvalue weighted by Crippen LogP contribution is 2.09.